The molecule has 0 radical (unpaired) electrons. The summed E-state index contributed by atoms with van der Waals surface area (Å²) in [5, 5.41) is 3.50. The van der Waals surface area contributed by atoms with Crippen molar-refractivity contribution in [3.63, 3.8) is 0 Å². The van der Waals surface area contributed by atoms with Crippen molar-refractivity contribution >= 4 is 23.5 Å². The number of rotatable bonds is 2. The maximum absolute atomic E-state index is 12.5. The number of hydrogen-bond acceptors (Lipinski definition) is 3. The third-order valence-corrected chi connectivity index (χ3v) is 4.45. The highest BCUT2D eigenvalue weighted by Crippen LogP contribution is 2.44. The number of hydrogen-bond donors (Lipinski definition) is 2. The lowest BCUT2D eigenvalue weighted by Crippen LogP contribution is -2.49. The van der Waals surface area contributed by atoms with E-state index < -0.39 is 11.4 Å². The number of nitrogens with zero attached hydrogens (tertiary/aromatic N) is 1. The maximum Gasteiger partial charge on any atom is 0.338 e. The molecule has 1 aromatic rings. The standard InChI is InChI=1S/C16H19N3O3/c20-13-11-16(9-5-2-6-10-16)14(21)19(13)18-15(22)17-12-7-3-1-4-8-12/h1,3-4,7-8H,2,5-6,9-11H2,(H2,17,18,22). The number of amides is 4. The van der Waals surface area contributed by atoms with Gasteiger partial charge in [0.1, 0.15) is 0 Å². The number of benzene rings is 1. The molecule has 22 heavy (non-hydrogen) atoms. The SMILES string of the molecule is O=C(Nc1ccccc1)NN1C(=O)CC2(CCCCC2)C1=O. The molecule has 2 aliphatic rings. The molecule has 6 nitrogen and oxygen atoms in total. The molecule has 1 saturated carbocycles. The molecule has 0 atom stereocenters. The summed E-state index contributed by atoms with van der Waals surface area (Å²) in [4.78, 5) is 36.6. The van der Waals surface area contributed by atoms with Crippen molar-refractivity contribution in [2.45, 2.75) is 38.5 Å². The van der Waals surface area contributed by atoms with Gasteiger partial charge in [0.25, 0.3) is 5.91 Å². The van der Waals surface area contributed by atoms with Gasteiger partial charge in [-0.05, 0) is 25.0 Å². The first kappa shape index (κ1) is 14.6. The second-order valence-corrected chi connectivity index (χ2v) is 5.98. The van der Waals surface area contributed by atoms with Gasteiger partial charge in [-0.15, -0.1) is 0 Å². The van der Waals surface area contributed by atoms with E-state index in [-0.39, 0.29) is 18.2 Å². The van der Waals surface area contributed by atoms with Crippen LogP contribution in [0, 0.1) is 5.41 Å². The Morgan fingerprint density at radius 2 is 1.73 bits per heavy atom. The van der Waals surface area contributed by atoms with E-state index in [1.807, 2.05) is 6.07 Å². The lowest BCUT2D eigenvalue weighted by atomic mass is 9.73. The minimum Gasteiger partial charge on any atom is -0.307 e. The molecular weight excluding hydrogens is 282 g/mol. The molecule has 0 aromatic heterocycles. The minimum atomic E-state index is -0.588. The summed E-state index contributed by atoms with van der Waals surface area (Å²) in [6, 6.07) is 8.30. The number of nitrogens with one attached hydrogen (secondary N) is 2. The van der Waals surface area contributed by atoms with E-state index in [1.54, 1.807) is 24.3 Å². The molecule has 3 rings (SSSR count). The van der Waals surface area contributed by atoms with Gasteiger partial charge < -0.3 is 5.32 Å². The molecule has 116 valence electrons. The molecule has 1 heterocycles. The predicted molar refractivity (Wildman–Crippen MR) is 80.6 cm³/mol. The Labute approximate surface area is 128 Å². The molecule has 1 aliphatic heterocycles. The second kappa shape index (κ2) is 5.79. The number of hydrazine groups is 1. The number of urea groups is 1. The van der Waals surface area contributed by atoms with Crippen molar-refractivity contribution < 1.29 is 14.4 Å². The molecule has 0 unspecified atom stereocenters. The average Bonchev–Trinajstić information content (AvgIpc) is 2.73. The summed E-state index contributed by atoms with van der Waals surface area (Å²) in [6.45, 7) is 0. The van der Waals surface area contributed by atoms with Gasteiger partial charge in [-0.1, -0.05) is 37.5 Å². The van der Waals surface area contributed by atoms with Crippen LogP contribution in [0.5, 0.6) is 0 Å². The normalized spacial score (nSPS) is 20.3. The molecule has 1 saturated heterocycles. The predicted octanol–water partition coefficient (Wildman–Crippen LogP) is 2.43. The van der Waals surface area contributed by atoms with Crippen LogP contribution in [-0.4, -0.2) is 22.9 Å². The fraction of sp³-hybridized carbons (Fsp3) is 0.438. The summed E-state index contributed by atoms with van der Waals surface area (Å²) < 4.78 is 0. The van der Waals surface area contributed by atoms with Gasteiger partial charge in [-0.25, -0.2) is 10.2 Å². The van der Waals surface area contributed by atoms with Gasteiger partial charge in [-0.2, -0.15) is 5.01 Å². The van der Waals surface area contributed by atoms with Crippen molar-refractivity contribution in [3.8, 4) is 0 Å². The minimum absolute atomic E-state index is 0.206. The fourth-order valence-electron chi connectivity index (χ4n) is 3.31. The van der Waals surface area contributed by atoms with Crippen molar-refractivity contribution in [1.29, 1.82) is 0 Å². The number of para-hydroxylation sites is 1. The van der Waals surface area contributed by atoms with Crippen LogP contribution >= 0.6 is 0 Å². The highest BCUT2D eigenvalue weighted by Gasteiger charge is 2.52. The molecule has 1 aliphatic carbocycles. The van der Waals surface area contributed by atoms with Gasteiger partial charge >= 0.3 is 6.03 Å². The van der Waals surface area contributed by atoms with E-state index in [0.717, 1.165) is 37.1 Å². The van der Waals surface area contributed by atoms with Crippen molar-refractivity contribution in [2.24, 2.45) is 5.41 Å². The van der Waals surface area contributed by atoms with Crippen LogP contribution in [0.3, 0.4) is 0 Å². The van der Waals surface area contributed by atoms with Gasteiger partial charge in [0, 0.05) is 12.1 Å². The smallest absolute Gasteiger partial charge is 0.307 e. The van der Waals surface area contributed by atoms with E-state index >= 15 is 0 Å². The zero-order valence-corrected chi connectivity index (χ0v) is 12.3. The molecule has 1 spiro atoms. The molecule has 1 aromatic carbocycles. The fourth-order valence-corrected chi connectivity index (χ4v) is 3.31. The van der Waals surface area contributed by atoms with E-state index in [1.165, 1.54) is 0 Å². The Balaban J connectivity index is 1.66. The summed E-state index contributed by atoms with van der Waals surface area (Å²) in [6.07, 6.45) is 4.70. The van der Waals surface area contributed by atoms with Crippen LogP contribution in [-0.2, 0) is 9.59 Å². The van der Waals surface area contributed by atoms with Crippen LogP contribution in [0.1, 0.15) is 38.5 Å². The lowest BCUT2D eigenvalue weighted by molar-refractivity contribution is -0.144. The van der Waals surface area contributed by atoms with Crippen molar-refractivity contribution in [1.82, 2.24) is 10.4 Å². The molecule has 4 amide bonds. The molecule has 2 N–H and O–H groups in total. The zero-order valence-electron chi connectivity index (χ0n) is 12.3. The molecular formula is C16H19N3O3. The third kappa shape index (κ3) is 2.68. The summed E-state index contributed by atoms with van der Waals surface area (Å²) in [5.41, 5.74) is 2.40. The number of imide groups is 1. The monoisotopic (exact) mass is 301 g/mol. The Hall–Kier alpha value is -2.37. The Morgan fingerprint density at radius 3 is 2.41 bits per heavy atom. The van der Waals surface area contributed by atoms with Crippen molar-refractivity contribution in [3.05, 3.63) is 30.3 Å². The van der Waals surface area contributed by atoms with E-state index in [2.05, 4.69) is 10.7 Å². The number of carbonyl (C=O) groups excluding carboxylic acids is 3. The second-order valence-electron chi connectivity index (χ2n) is 5.98. The first-order chi connectivity index (χ1) is 10.6. The van der Waals surface area contributed by atoms with Crippen molar-refractivity contribution in [2.75, 3.05) is 5.32 Å². The van der Waals surface area contributed by atoms with E-state index in [9.17, 15) is 14.4 Å². The lowest BCUT2D eigenvalue weighted by Gasteiger charge is -2.30. The Bertz CT molecular complexity index is 594. The first-order valence-corrected chi connectivity index (χ1v) is 7.61. The van der Waals surface area contributed by atoms with Crippen LogP contribution < -0.4 is 10.7 Å². The van der Waals surface area contributed by atoms with Gasteiger partial charge in [0.2, 0.25) is 5.91 Å². The Kier molecular flexibility index (Phi) is 3.83. The third-order valence-electron chi connectivity index (χ3n) is 4.45. The topological polar surface area (TPSA) is 78.5 Å². The summed E-state index contributed by atoms with van der Waals surface area (Å²) >= 11 is 0. The van der Waals surface area contributed by atoms with Crippen LogP contribution in [0.4, 0.5) is 10.5 Å². The largest absolute Gasteiger partial charge is 0.338 e. The maximum atomic E-state index is 12.5. The zero-order chi connectivity index (χ0) is 15.6. The summed E-state index contributed by atoms with van der Waals surface area (Å²) in [5.74, 6) is -0.587. The van der Waals surface area contributed by atoms with Gasteiger partial charge in [0.15, 0.2) is 0 Å². The van der Waals surface area contributed by atoms with E-state index in [4.69, 9.17) is 0 Å². The van der Waals surface area contributed by atoms with Crippen LogP contribution in [0.25, 0.3) is 0 Å². The number of anilines is 1. The molecule has 2 fully saturated rings. The summed E-state index contributed by atoms with van der Waals surface area (Å²) in [7, 11) is 0. The molecule has 0 bridgehead atoms. The van der Waals surface area contributed by atoms with Gasteiger partial charge in [-0.3, -0.25) is 9.59 Å². The first-order valence-electron chi connectivity index (χ1n) is 7.61. The number of carbonyl (C=O) groups is 3. The van der Waals surface area contributed by atoms with Crippen LogP contribution in [0.2, 0.25) is 0 Å². The Morgan fingerprint density at radius 1 is 1.05 bits per heavy atom. The molecule has 6 heteroatoms. The van der Waals surface area contributed by atoms with Gasteiger partial charge in [0.05, 0.1) is 5.41 Å². The highest BCUT2D eigenvalue weighted by molar-refractivity contribution is 6.07. The van der Waals surface area contributed by atoms with E-state index in [0.29, 0.717) is 5.69 Å². The van der Waals surface area contributed by atoms with Crippen LogP contribution in [0.15, 0.2) is 30.3 Å². The average molecular weight is 301 g/mol. The quantitative estimate of drug-likeness (QED) is 0.823. The highest BCUT2D eigenvalue weighted by atomic mass is 16.2.